The van der Waals surface area contributed by atoms with Crippen LogP contribution in [0.3, 0.4) is 0 Å². The summed E-state index contributed by atoms with van der Waals surface area (Å²) in [6.45, 7) is 0.758. The zero-order valence-corrected chi connectivity index (χ0v) is 13.4. The minimum Gasteiger partial charge on any atom is -0.490 e. The number of hydrogen-bond donors (Lipinski definition) is 0. The molecule has 2 unspecified atom stereocenters. The largest absolute Gasteiger partial charge is 0.490 e. The summed E-state index contributed by atoms with van der Waals surface area (Å²) in [6.07, 6.45) is 1.52. The first-order valence-electron chi connectivity index (χ1n) is 8.14. The molecule has 1 aromatic heterocycles. The van der Waals surface area contributed by atoms with Crippen molar-refractivity contribution in [1.29, 1.82) is 0 Å². The van der Waals surface area contributed by atoms with Gasteiger partial charge in [-0.15, -0.1) is 0 Å². The van der Waals surface area contributed by atoms with Crippen LogP contribution in [0.25, 0.3) is 11.0 Å². The molecule has 0 saturated heterocycles. The van der Waals surface area contributed by atoms with Crippen LogP contribution in [0.15, 0.2) is 34.9 Å². The Balaban J connectivity index is 1.52. The quantitative estimate of drug-likeness (QED) is 0.673. The molecule has 6 nitrogen and oxygen atoms in total. The molecular formula is C19H14O6. The van der Waals surface area contributed by atoms with Crippen molar-refractivity contribution in [2.45, 2.75) is 12.0 Å². The van der Waals surface area contributed by atoms with E-state index in [4.69, 9.17) is 28.1 Å². The zero-order valence-electron chi connectivity index (χ0n) is 13.4. The van der Waals surface area contributed by atoms with Crippen LogP contribution in [-0.2, 0) is 0 Å². The minimum atomic E-state index is -0.130. The Labute approximate surface area is 142 Å². The lowest BCUT2D eigenvalue weighted by Gasteiger charge is -2.28. The average Bonchev–Trinajstić information content (AvgIpc) is 3.34. The topological polar surface area (TPSA) is 59.3 Å². The van der Waals surface area contributed by atoms with Gasteiger partial charge >= 0.3 is 0 Å². The Morgan fingerprint density at radius 2 is 1.88 bits per heavy atom. The summed E-state index contributed by atoms with van der Waals surface area (Å²) >= 11 is 0. The highest BCUT2D eigenvalue weighted by Crippen LogP contribution is 2.56. The molecule has 6 rings (SSSR count). The van der Waals surface area contributed by atoms with Crippen molar-refractivity contribution in [2.75, 3.05) is 20.5 Å². The van der Waals surface area contributed by atoms with E-state index in [9.17, 15) is 0 Å². The van der Waals surface area contributed by atoms with Crippen LogP contribution in [0.2, 0.25) is 0 Å². The molecule has 3 aliphatic heterocycles. The molecule has 4 heterocycles. The van der Waals surface area contributed by atoms with Crippen LogP contribution in [0, 0.1) is 0 Å². The number of hydrogen-bond acceptors (Lipinski definition) is 6. The molecular weight excluding hydrogens is 324 g/mol. The second-order valence-corrected chi connectivity index (χ2v) is 6.37. The van der Waals surface area contributed by atoms with Crippen LogP contribution in [-0.4, -0.2) is 20.5 Å². The van der Waals surface area contributed by atoms with E-state index in [1.165, 1.54) is 0 Å². The van der Waals surface area contributed by atoms with Crippen LogP contribution in [0.5, 0.6) is 28.7 Å². The van der Waals surface area contributed by atoms with Crippen molar-refractivity contribution in [3.05, 3.63) is 41.7 Å². The molecule has 3 aromatic rings. The van der Waals surface area contributed by atoms with Gasteiger partial charge in [-0.2, -0.15) is 0 Å². The number of rotatable bonds is 1. The van der Waals surface area contributed by atoms with E-state index in [-0.39, 0.29) is 18.8 Å². The number of benzene rings is 2. The molecule has 25 heavy (non-hydrogen) atoms. The minimum absolute atomic E-state index is 0.103. The van der Waals surface area contributed by atoms with Crippen LogP contribution in [0.4, 0.5) is 0 Å². The molecule has 0 N–H and O–H groups in total. The van der Waals surface area contributed by atoms with E-state index in [1.807, 2.05) is 18.2 Å². The van der Waals surface area contributed by atoms with Gasteiger partial charge in [0.1, 0.15) is 11.9 Å². The van der Waals surface area contributed by atoms with Crippen LogP contribution in [0.1, 0.15) is 23.1 Å². The maximum absolute atomic E-state index is 6.29. The van der Waals surface area contributed by atoms with Crippen molar-refractivity contribution < 1.29 is 28.1 Å². The molecule has 126 valence electrons. The van der Waals surface area contributed by atoms with Gasteiger partial charge in [0, 0.05) is 22.6 Å². The lowest BCUT2D eigenvalue weighted by molar-refractivity contribution is 0.135. The Kier molecular flexibility index (Phi) is 2.41. The zero-order chi connectivity index (χ0) is 16.5. The molecule has 3 aliphatic rings. The SMILES string of the molecule is COc1c2c(cc3ccoc13)C1Oc3cc4c(cc3C1CO2)OCO4. The van der Waals surface area contributed by atoms with E-state index in [1.54, 1.807) is 13.4 Å². The summed E-state index contributed by atoms with van der Waals surface area (Å²) in [4.78, 5) is 0. The van der Waals surface area contributed by atoms with Crippen molar-refractivity contribution >= 4 is 11.0 Å². The first kappa shape index (κ1) is 13.3. The van der Waals surface area contributed by atoms with Crippen LogP contribution >= 0.6 is 0 Å². The van der Waals surface area contributed by atoms with Crippen molar-refractivity contribution in [1.82, 2.24) is 0 Å². The monoisotopic (exact) mass is 338 g/mol. The van der Waals surface area contributed by atoms with Gasteiger partial charge in [0.15, 0.2) is 22.8 Å². The van der Waals surface area contributed by atoms with Gasteiger partial charge in [-0.1, -0.05) is 0 Å². The summed E-state index contributed by atoms with van der Waals surface area (Å²) in [5.74, 6) is 3.72. The highest BCUT2D eigenvalue weighted by molar-refractivity contribution is 5.88. The number of ether oxygens (including phenoxy) is 5. The van der Waals surface area contributed by atoms with E-state index < -0.39 is 0 Å². The second-order valence-electron chi connectivity index (χ2n) is 6.37. The third kappa shape index (κ3) is 1.64. The van der Waals surface area contributed by atoms with Gasteiger partial charge in [0.25, 0.3) is 0 Å². The van der Waals surface area contributed by atoms with Gasteiger partial charge < -0.3 is 28.1 Å². The average molecular weight is 338 g/mol. The third-order valence-electron chi connectivity index (χ3n) is 5.12. The Hall–Kier alpha value is -3.02. The fourth-order valence-electron chi connectivity index (χ4n) is 3.97. The molecule has 6 heteroatoms. The summed E-state index contributed by atoms with van der Waals surface area (Å²) in [5, 5.41) is 0.966. The van der Waals surface area contributed by atoms with Crippen LogP contribution < -0.4 is 23.7 Å². The normalized spacial score (nSPS) is 22.0. The number of furan rings is 1. The van der Waals surface area contributed by atoms with Crippen molar-refractivity contribution in [2.24, 2.45) is 0 Å². The van der Waals surface area contributed by atoms with Gasteiger partial charge in [-0.05, 0) is 18.2 Å². The van der Waals surface area contributed by atoms with Gasteiger partial charge in [0.05, 0.1) is 25.9 Å². The van der Waals surface area contributed by atoms with Gasteiger partial charge in [-0.3, -0.25) is 0 Å². The predicted octanol–water partition coefficient (Wildman–Crippen LogP) is 3.78. The Bertz CT molecular complexity index is 1020. The highest BCUT2D eigenvalue weighted by atomic mass is 16.7. The van der Waals surface area contributed by atoms with Gasteiger partial charge in [0.2, 0.25) is 12.5 Å². The summed E-state index contributed by atoms with van der Waals surface area (Å²) in [5.41, 5.74) is 2.75. The molecule has 0 fully saturated rings. The molecule has 0 saturated carbocycles. The molecule has 0 aliphatic carbocycles. The smallest absolute Gasteiger partial charge is 0.231 e. The fraction of sp³-hybridized carbons (Fsp3) is 0.263. The lowest BCUT2D eigenvalue weighted by Crippen LogP contribution is -2.23. The fourth-order valence-corrected chi connectivity index (χ4v) is 3.97. The summed E-state index contributed by atoms with van der Waals surface area (Å²) in [6, 6.07) is 7.88. The van der Waals surface area contributed by atoms with E-state index >= 15 is 0 Å². The van der Waals surface area contributed by atoms with E-state index in [0.717, 1.165) is 33.8 Å². The second kappa shape index (κ2) is 4.53. The maximum atomic E-state index is 6.29. The molecule has 0 radical (unpaired) electrons. The molecule has 2 atom stereocenters. The third-order valence-corrected chi connectivity index (χ3v) is 5.12. The summed E-state index contributed by atoms with van der Waals surface area (Å²) in [7, 11) is 1.62. The Morgan fingerprint density at radius 3 is 2.76 bits per heavy atom. The molecule has 0 bridgehead atoms. The van der Waals surface area contributed by atoms with E-state index in [0.29, 0.717) is 23.7 Å². The number of methoxy groups -OCH3 is 1. The molecule has 0 spiro atoms. The van der Waals surface area contributed by atoms with Crippen molar-refractivity contribution in [3.8, 4) is 28.7 Å². The highest BCUT2D eigenvalue weighted by Gasteiger charge is 2.43. The van der Waals surface area contributed by atoms with Crippen molar-refractivity contribution in [3.63, 3.8) is 0 Å². The standard InChI is InChI=1S/C19H14O6/c1-20-19-16-9(2-3-21-16)4-11-17-12(7-22-18(11)19)10-5-14-15(24-8-23-14)6-13(10)25-17/h2-6,12,17H,7-8H2,1H3. The summed E-state index contributed by atoms with van der Waals surface area (Å²) < 4.78 is 34.4. The Morgan fingerprint density at radius 1 is 1.00 bits per heavy atom. The molecule has 2 aromatic carbocycles. The molecule has 0 amide bonds. The predicted molar refractivity (Wildman–Crippen MR) is 86.9 cm³/mol. The van der Waals surface area contributed by atoms with E-state index in [2.05, 4.69) is 6.07 Å². The maximum Gasteiger partial charge on any atom is 0.231 e. The lowest BCUT2D eigenvalue weighted by atomic mass is 9.88. The number of fused-ring (bicyclic) bond motifs is 7. The first-order valence-corrected chi connectivity index (χ1v) is 8.14. The van der Waals surface area contributed by atoms with Gasteiger partial charge in [-0.25, -0.2) is 0 Å². The first-order chi connectivity index (χ1) is 12.3.